The molecule has 2 aromatic rings. The van der Waals surface area contributed by atoms with Crippen LogP contribution in [-0.2, 0) is 12.8 Å². The van der Waals surface area contributed by atoms with Crippen molar-refractivity contribution in [1.29, 1.82) is 0 Å². The molecule has 2 aromatic carbocycles. The maximum atomic E-state index is 6.22. The molecule has 1 aliphatic carbocycles. The van der Waals surface area contributed by atoms with E-state index >= 15 is 0 Å². The molecule has 21 heavy (non-hydrogen) atoms. The largest absolute Gasteiger partial charge is 0.377 e. The summed E-state index contributed by atoms with van der Waals surface area (Å²) in [6.07, 6.45) is 5.04. The van der Waals surface area contributed by atoms with Crippen molar-refractivity contribution < 1.29 is 0 Å². The van der Waals surface area contributed by atoms with Crippen molar-refractivity contribution in [3.05, 3.63) is 63.1 Å². The van der Waals surface area contributed by atoms with Gasteiger partial charge in [-0.25, -0.2) is 0 Å². The van der Waals surface area contributed by atoms with Crippen LogP contribution in [0.3, 0.4) is 0 Å². The van der Waals surface area contributed by atoms with Gasteiger partial charge in [0, 0.05) is 11.1 Å². The summed E-state index contributed by atoms with van der Waals surface area (Å²) < 4.78 is 0. The molecule has 0 spiro atoms. The average Bonchev–Trinajstić information content (AvgIpc) is 2.50. The van der Waals surface area contributed by atoms with E-state index in [1.807, 2.05) is 12.1 Å². The molecule has 1 atom stereocenters. The first kappa shape index (κ1) is 14.7. The van der Waals surface area contributed by atoms with E-state index in [2.05, 4.69) is 30.4 Å². The van der Waals surface area contributed by atoms with E-state index in [4.69, 9.17) is 23.2 Å². The predicted octanol–water partition coefficient (Wildman–Crippen LogP) is 6.05. The zero-order chi connectivity index (χ0) is 14.8. The summed E-state index contributed by atoms with van der Waals surface area (Å²) in [6.45, 7) is 2.15. The van der Waals surface area contributed by atoms with Gasteiger partial charge in [0.15, 0.2) is 0 Å². The maximum absolute atomic E-state index is 6.22. The predicted molar refractivity (Wildman–Crippen MR) is 91.6 cm³/mol. The van der Waals surface area contributed by atoms with Crippen LogP contribution in [-0.4, -0.2) is 0 Å². The third-order valence-electron chi connectivity index (χ3n) is 4.17. The number of rotatable bonds is 3. The van der Waals surface area contributed by atoms with Gasteiger partial charge in [-0.2, -0.15) is 0 Å². The van der Waals surface area contributed by atoms with Gasteiger partial charge in [0.2, 0.25) is 0 Å². The van der Waals surface area contributed by atoms with Crippen LogP contribution in [0.15, 0.2) is 36.4 Å². The highest BCUT2D eigenvalue weighted by atomic mass is 35.5. The van der Waals surface area contributed by atoms with Crippen molar-refractivity contribution in [3.8, 4) is 0 Å². The number of halogens is 2. The topological polar surface area (TPSA) is 12.0 Å². The van der Waals surface area contributed by atoms with E-state index < -0.39 is 0 Å². The summed E-state index contributed by atoms with van der Waals surface area (Å²) in [7, 11) is 0. The Morgan fingerprint density at radius 3 is 2.52 bits per heavy atom. The smallest absolute Gasteiger partial charge is 0.0638 e. The van der Waals surface area contributed by atoms with Crippen molar-refractivity contribution in [3.63, 3.8) is 0 Å². The van der Waals surface area contributed by atoms with Gasteiger partial charge in [-0.15, -0.1) is 0 Å². The molecule has 0 fully saturated rings. The van der Waals surface area contributed by atoms with Crippen molar-refractivity contribution in [2.75, 3.05) is 5.32 Å². The number of hydrogen-bond acceptors (Lipinski definition) is 1. The van der Waals surface area contributed by atoms with Crippen molar-refractivity contribution >= 4 is 28.9 Å². The van der Waals surface area contributed by atoms with E-state index in [-0.39, 0.29) is 6.04 Å². The molecule has 0 bridgehead atoms. The molecule has 1 unspecified atom stereocenters. The molecule has 0 aromatic heterocycles. The Kier molecular flexibility index (Phi) is 4.42. The minimum atomic E-state index is 0.202. The zero-order valence-electron chi connectivity index (χ0n) is 12.1. The molecular weight excluding hydrogens is 301 g/mol. The van der Waals surface area contributed by atoms with Crippen molar-refractivity contribution in [1.82, 2.24) is 0 Å². The highest BCUT2D eigenvalue weighted by molar-refractivity contribution is 6.35. The standard InChI is InChI=1S/C18H19Cl2N/c1-12(21-18-11-16(19)8-9-17(18)20)14-7-6-13-4-2-3-5-15(13)10-14/h6-12,21H,2-5H2,1H3. The van der Waals surface area contributed by atoms with Crippen molar-refractivity contribution in [2.24, 2.45) is 0 Å². The minimum Gasteiger partial charge on any atom is -0.377 e. The number of aryl methyl sites for hydroxylation is 2. The van der Waals surface area contributed by atoms with Crippen LogP contribution >= 0.6 is 23.2 Å². The summed E-state index contributed by atoms with van der Waals surface area (Å²) in [5.74, 6) is 0. The first-order chi connectivity index (χ1) is 10.1. The van der Waals surface area contributed by atoms with Crippen LogP contribution in [0.2, 0.25) is 10.0 Å². The normalized spacial score (nSPS) is 15.4. The van der Waals surface area contributed by atoms with Gasteiger partial charge < -0.3 is 5.32 Å². The van der Waals surface area contributed by atoms with Crippen LogP contribution in [0, 0.1) is 0 Å². The number of fused-ring (bicyclic) bond motifs is 1. The SMILES string of the molecule is CC(Nc1cc(Cl)ccc1Cl)c1ccc2c(c1)CCCC2. The van der Waals surface area contributed by atoms with Crippen LogP contribution in [0.1, 0.15) is 42.5 Å². The Balaban J connectivity index is 1.82. The summed E-state index contributed by atoms with van der Waals surface area (Å²) in [6, 6.07) is 12.5. The Bertz CT molecular complexity index is 652. The van der Waals surface area contributed by atoms with Gasteiger partial charge in [-0.1, -0.05) is 41.4 Å². The Labute approximate surface area is 136 Å². The van der Waals surface area contributed by atoms with Crippen LogP contribution in [0.25, 0.3) is 0 Å². The second-order valence-corrected chi connectivity index (χ2v) is 6.57. The molecule has 3 heteroatoms. The van der Waals surface area contributed by atoms with Crippen LogP contribution in [0.4, 0.5) is 5.69 Å². The van der Waals surface area contributed by atoms with Gasteiger partial charge in [0.1, 0.15) is 0 Å². The number of anilines is 1. The Morgan fingerprint density at radius 2 is 1.71 bits per heavy atom. The van der Waals surface area contributed by atoms with Crippen LogP contribution in [0.5, 0.6) is 0 Å². The fraction of sp³-hybridized carbons (Fsp3) is 0.333. The molecule has 0 heterocycles. The van der Waals surface area contributed by atoms with Gasteiger partial charge in [0.25, 0.3) is 0 Å². The molecule has 110 valence electrons. The first-order valence-corrected chi connectivity index (χ1v) is 8.22. The Hall–Kier alpha value is -1.18. The third kappa shape index (κ3) is 3.36. The summed E-state index contributed by atoms with van der Waals surface area (Å²) in [5, 5.41) is 4.85. The molecule has 0 amide bonds. The lowest BCUT2D eigenvalue weighted by Crippen LogP contribution is -2.09. The lowest BCUT2D eigenvalue weighted by molar-refractivity contribution is 0.683. The number of hydrogen-bond donors (Lipinski definition) is 1. The van der Waals surface area contributed by atoms with E-state index in [1.165, 1.54) is 42.4 Å². The third-order valence-corrected chi connectivity index (χ3v) is 4.74. The van der Waals surface area contributed by atoms with E-state index in [9.17, 15) is 0 Å². The van der Waals surface area contributed by atoms with Gasteiger partial charge >= 0.3 is 0 Å². The summed E-state index contributed by atoms with van der Waals surface area (Å²) in [4.78, 5) is 0. The van der Waals surface area contributed by atoms with Crippen molar-refractivity contribution in [2.45, 2.75) is 38.6 Å². The molecule has 1 nitrogen and oxygen atoms in total. The van der Waals surface area contributed by atoms with E-state index in [0.717, 1.165) is 5.69 Å². The fourth-order valence-corrected chi connectivity index (χ4v) is 3.29. The summed E-state index contributed by atoms with van der Waals surface area (Å²) in [5.41, 5.74) is 5.20. The lowest BCUT2D eigenvalue weighted by Gasteiger charge is -2.21. The molecule has 3 rings (SSSR count). The summed E-state index contributed by atoms with van der Waals surface area (Å²) >= 11 is 12.3. The molecule has 0 aliphatic heterocycles. The Morgan fingerprint density at radius 1 is 0.952 bits per heavy atom. The van der Waals surface area contributed by atoms with Gasteiger partial charge in [0.05, 0.1) is 10.7 Å². The minimum absolute atomic E-state index is 0.202. The fourth-order valence-electron chi connectivity index (χ4n) is 2.95. The molecule has 1 N–H and O–H groups in total. The zero-order valence-corrected chi connectivity index (χ0v) is 13.6. The maximum Gasteiger partial charge on any atom is 0.0638 e. The monoisotopic (exact) mass is 319 g/mol. The lowest BCUT2D eigenvalue weighted by atomic mass is 9.89. The average molecular weight is 320 g/mol. The molecular formula is C18H19Cl2N. The van der Waals surface area contributed by atoms with Gasteiger partial charge in [-0.05, 0) is 67.5 Å². The molecule has 1 aliphatic rings. The molecule has 0 saturated heterocycles. The van der Waals surface area contributed by atoms with Crippen LogP contribution < -0.4 is 5.32 Å². The van der Waals surface area contributed by atoms with Gasteiger partial charge in [-0.3, -0.25) is 0 Å². The molecule has 0 saturated carbocycles. The second-order valence-electron chi connectivity index (χ2n) is 5.73. The highest BCUT2D eigenvalue weighted by Crippen LogP contribution is 2.30. The van der Waals surface area contributed by atoms with E-state index in [0.29, 0.717) is 10.0 Å². The molecule has 0 radical (unpaired) electrons. The number of benzene rings is 2. The quantitative estimate of drug-likeness (QED) is 0.726. The highest BCUT2D eigenvalue weighted by Gasteiger charge is 2.13. The van der Waals surface area contributed by atoms with E-state index in [1.54, 1.807) is 6.07 Å². The number of nitrogens with one attached hydrogen (secondary N) is 1. The second kappa shape index (κ2) is 6.29. The first-order valence-electron chi connectivity index (χ1n) is 7.47.